The smallest absolute Gasteiger partial charge is 0.220 e. The van der Waals surface area contributed by atoms with Gasteiger partial charge in [-0.05, 0) is 19.6 Å². The molecule has 0 bridgehead atoms. The molecule has 0 atom stereocenters. The zero-order valence-corrected chi connectivity index (χ0v) is 6.74. The van der Waals surface area contributed by atoms with Crippen LogP contribution < -0.4 is 5.32 Å². The highest BCUT2D eigenvalue weighted by Gasteiger charge is 1.96. The molecule has 0 aliphatic carbocycles. The van der Waals surface area contributed by atoms with Crippen LogP contribution in [-0.2, 0) is 17.4 Å². The van der Waals surface area contributed by atoms with E-state index in [2.05, 4.69) is 17.9 Å². The summed E-state index contributed by atoms with van der Waals surface area (Å²) in [7, 11) is 0. The number of carbonyl (C=O) groups is 1. The highest BCUT2D eigenvalue weighted by atomic mass is 32.1. The van der Waals surface area contributed by atoms with Gasteiger partial charge < -0.3 is 5.32 Å². The van der Waals surface area contributed by atoms with Crippen molar-refractivity contribution in [1.29, 1.82) is 0 Å². The first-order chi connectivity index (χ1) is 4.31. The first-order valence-electron chi connectivity index (χ1n) is 3.22. The van der Waals surface area contributed by atoms with Gasteiger partial charge in [0.15, 0.2) is 0 Å². The summed E-state index contributed by atoms with van der Waals surface area (Å²) < 4.78 is 0. The van der Waals surface area contributed by atoms with Crippen molar-refractivity contribution in [2.75, 3.05) is 12.3 Å². The fourth-order valence-corrected chi connectivity index (χ4v) is 0.711. The number of rotatable bonds is 4. The normalized spacial score (nSPS) is 9.11. The first-order valence-corrected chi connectivity index (χ1v) is 3.93. The molecular formula is C6H14NOS+. The Bertz CT molecular complexity index is 85.1. The molecule has 0 aromatic carbocycles. The summed E-state index contributed by atoms with van der Waals surface area (Å²) in [5.41, 5.74) is 0. The molecule has 0 unspecified atom stereocenters. The summed E-state index contributed by atoms with van der Waals surface area (Å²) >= 11 is 3.29. The Hall–Kier alpha value is -0.180. The van der Waals surface area contributed by atoms with Crippen LogP contribution >= 0.6 is 0 Å². The summed E-state index contributed by atoms with van der Waals surface area (Å²) in [5, 5.41) is 2.72. The van der Waals surface area contributed by atoms with Crippen molar-refractivity contribution < 1.29 is 4.79 Å². The molecule has 0 aliphatic rings. The molecule has 0 saturated heterocycles. The Morgan fingerprint density at radius 3 is 2.78 bits per heavy atom. The molecule has 0 rings (SSSR count). The van der Waals surface area contributed by atoms with E-state index in [1.165, 1.54) is 0 Å². The van der Waals surface area contributed by atoms with E-state index < -0.39 is 0 Å². The molecule has 0 radical (unpaired) electrons. The van der Waals surface area contributed by atoms with Crippen molar-refractivity contribution in [3.63, 3.8) is 0 Å². The van der Waals surface area contributed by atoms with Gasteiger partial charge >= 0.3 is 0 Å². The highest BCUT2D eigenvalue weighted by Crippen LogP contribution is 1.85. The second-order valence-electron chi connectivity index (χ2n) is 1.81. The molecule has 3 heteroatoms. The average Bonchev–Trinajstić information content (AvgIpc) is 1.85. The van der Waals surface area contributed by atoms with Gasteiger partial charge in [-0.1, -0.05) is 0 Å². The molecule has 0 heterocycles. The maximum atomic E-state index is 10.7. The van der Waals surface area contributed by atoms with Crippen LogP contribution in [0.15, 0.2) is 0 Å². The number of nitrogens with one attached hydrogen (secondary N) is 1. The van der Waals surface area contributed by atoms with Crippen LogP contribution in [0.1, 0.15) is 19.8 Å². The van der Waals surface area contributed by atoms with Crippen LogP contribution in [0.5, 0.6) is 0 Å². The molecule has 1 N–H and O–H groups in total. The zero-order valence-electron chi connectivity index (χ0n) is 5.74. The lowest BCUT2D eigenvalue weighted by atomic mass is 10.3. The minimum Gasteiger partial charge on any atom is -0.356 e. The van der Waals surface area contributed by atoms with Gasteiger partial charge in [0.1, 0.15) is 5.75 Å². The van der Waals surface area contributed by atoms with Crippen LogP contribution in [0, 0.1) is 0 Å². The van der Waals surface area contributed by atoms with E-state index in [9.17, 15) is 4.79 Å². The van der Waals surface area contributed by atoms with Gasteiger partial charge in [0.25, 0.3) is 0 Å². The third-order valence-corrected chi connectivity index (χ3v) is 1.31. The Balaban J connectivity index is 3.06. The lowest BCUT2D eigenvalue weighted by molar-refractivity contribution is -0.120. The number of hydrogen-bond acceptors (Lipinski definition) is 1. The van der Waals surface area contributed by atoms with Gasteiger partial charge in [0, 0.05) is 19.4 Å². The summed E-state index contributed by atoms with van der Waals surface area (Å²) in [6.07, 6.45) is 1.56. The average molecular weight is 148 g/mol. The lowest BCUT2D eigenvalue weighted by Crippen LogP contribution is -2.22. The van der Waals surface area contributed by atoms with Gasteiger partial charge in [0.2, 0.25) is 5.91 Å². The number of amides is 1. The lowest BCUT2D eigenvalue weighted by Gasteiger charge is -1.96. The molecule has 1 amide bonds. The Kier molecular flexibility index (Phi) is 5.83. The van der Waals surface area contributed by atoms with Gasteiger partial charge in [0.05, 0.1) is 0 Å². The molecule has 0 aromatic rings. The molecule has 2 nitrogen and oxygen atoms in total. The van der Waals surface area contributed by atoms with Crippen molar-refractivity contribution in [3.8, 4) is 0 Å². The topological polar surface area (TPSA) is 29.1 Å². The van der Waals surface area contributed by atoms with Crippen molar-refractivity contribution >= 4 is 18.5 Å². The van der Waals surface area contributed by atoms with E-state index >= 15 is 0 Å². The Morgan fingerprint density at radius 1 is 1.67 bits per heavy atom. The molecular weight excluding hydrogens is 134 g/mol. The summed E-state index contributed by atoms with van der Waals surface area (Å²) in [6, 6.07) is 0. The van der Waals surface area contributed by atoms with Gasteiger partial charge in [-0.2, -0.15) is 0 Å². The van der Waals surface area contributed by atoms with Crippen molar-refractivity contribution in [1.82, 2.24) is 5.32 Å². The molecule has 0 aliphatic heterocycles. The third-order valence-electron chi connectivity index (χ3n) is 0.955. The quantitative estimate of drug-likeness (QED) is 0.555. The first kappa shape index (κ1) is 8.82. The zero-order chi connectivity index (χ0) is 7.11. The van der Waals surface area contributed by atoms with E-state index in [4.69, 9.17) is 0 Å². The van der Waals surface area contributed by atoms with Gasteiger partial charge in [-0.25, -0.2) is 0 Å². The summed E-state index contributed by atoms with van der Waals surface area (Å²) in [6.45, 7) is 2.66. The van der Waals surface area contributed by atoms with Crippen LogP contribution in [0.3, 0.4) is 0 Å². The van der Waals surface area contributed by atoms with E-state index in [1.54, 1.807) is 0 Å². The fourth-order valence-electron chi connectivity index (χ4n) is 0.535. The molecule has 9 heavy (non-hydrogen) atoms. The van der Waals surface area contributed by atoms with Crippen LogP contribution in [-0.4, -0.2) is 18.2 Å². The standard InChI is InChI=1S/C6H13NOS/c1-2-7-6(8)4-3-5-9/h9H,2-5H2,1H3,(H,7,8)/p+1. The van der Waals surface area contributed by atoms with Crippen LogP contribution in [0.25, 0.3) is 0 Å². The third kappa shape index (κ3) is 5.69. The monoisotopic (exact) mass is 148 g/mol. The molecule has 54 valence electrons. The highest BCUT2D eigenvalue weighted by molar-refractivity contribution is 7.58. The summed E-state index contributed by atoms with van der Waals surface area (Å²) in [4.78, 5) is 10.7. The second-order valence-corrected chi connectivity index (χ2v) is 2.31. The molecule has 0 fully saturated rings. The fraction of sp³-hybridized carbons (Fsp3) is 0.833. The minimum atomic E-state index is 0.149. The minimum absolute atomic E-state index is 0.149. The number of carbonyl (C=O) groups excluding carboxylic acids is 1. The largest absolute Gasteiger partial charge is 0.356 e. The Morgan fingerprint density at radius 2 is 2.33 bits per heavy atom. The SMILES string of the molecule is CCNC(=O)CCC[SH2+]. The predicted octanol–water partition coefficient (Wildman–Crippen LogP) is -0.0858. The van der Waals surface area contributed by atoms with E-state index in [1.807, 2.05) is 6.92 Å². The van der Waals surface area contributed by atoms with E-state index in [-0.39, 0.29) is 5.91 Å². The van der Waals surface area contributed by atoms with Crippen LogP contribution in [0.4, 0.5) is 0 Å². The second kappa shape index (κ2) is 5.95. The molecule has 0 aromatic heterocycles. The van der Waals surface area contributed by atoms with Gasteiger partial charge in [-0.3, -0.25) is 4.79 Å². The van der Waals surface area contributed by atoms with E-state index in [0.29, 0.717) is 6.42 Å². The number of hydrogen-bond donors (Lipinski definition) is 1. The molecule has 0 saturated carbocycles. The summed E-state index contributed by atoms with van der Waals surface area (Å²) in [5.74, 6) is 1.05. The maximum Gasteiger partial charge on any atom is 0.220 e. The van der Waals surface area contributed by atoms with Crippen molar-refractivity contribution in [2.45, 2.75) is 19.8 Å². The van der Waals surface area contributed by atoms with E-state index in [0.717, 1.165) is 18.7 Å². The van der Waals surface area contributed by atoms with Gasteiger partial charge in [-0.15, -0.1) is 0 Å². The predicted molar refractivity (Wildman–Crippen MR) is 42.9 cm³/mol. The maximum absolute atomic E-state index is 10.7. The molecule has 0 spiro atoms. The van der Waals surface area contributed by atoms with Crippen LogP contribution in [0.2, 0.25) is 0 Å². The Labute approximate surface area is 61.4 Å². The van der Waals surface area contributed by atoms with Crippen molar-refractivity contribution in [2.24, 2.45) is 0 Å². The van der Waals surface area contributed by atoms with Crippen molar-refractivity contribution in [3.05, 3.63) is 0 Å².